The lowest BCUT2D eigenvalue weighted by Crippen LogP contribution is -2.32. The van der Waals surface area contributed by atoms with Gasteiger partial charge in [-0.15, -0.1) is 0 Å². The minimum Gasteiger partial charge on any atom is -0.382 e. The van der Waals surface area contributed by atoms with Crippen LogP contribution in [0.5, 0.6) is 0 Å². The SMILES string of the molecule is Cc1nc(C(C)(C)C)c2cncn2c1C(C)(C)CCC(C)(C)c1nc(N)c(C(C)C)nc1C(N)=O. The van der Waals surface area contributed by atoms with Crippen molar-refractivity contribution in [2.75, 3.05) is 5.73 Å². The zero-order valence-electron chi connectivity index (χ0n) is 22.9. The van der Waals surface area contributed by atoms with E-state index in [9.17, 15) is 4.79 Å². The molecule has 0 unspecified atom stereocenters. The monoisotopic (exact) mass is 479 g/mol. The fourth-order valence-corrected chi connectivity index (χ4v) is 4.86. The van der Waals surface area contributed by atoms with Crippen LogP contribution in [0.15, 0.2) is 12.5 Å². The van der Waals surface area contributed by atoms with Gasteiger partial charge in [-0.1, -0.05) is 62.3 Å². The largest absolute Gasteiger partial charge is 0.382 e. The highest BCUT2D eigenvalue weighted by molar-refractivity contribution is 5.92. The summed E-state index contributed by atoms with van der Waals surface area (Å²) in [6.45, 7) is 21.1. The van der Waals surface area contributed by atoms with Crippen LogP contribution < -0.4 is 11.5 Å². The molecule has 0 saturated carbocycles. The molecule has 0 bridgehead atoms. The van der Waals surface area contributed by atoms with Gasteiger partial charge in [0.1, 0.15) is 11.5 Å². The predicted molar refractivity (Wildman–Crippen MR) is 141 cm³/mol. The Kier molecular flexibility index (Phi) is 6.74. The average Bonchev–Trinajstić information content (AvgIpc) is 3.19. The summed E-state index contributed by atoms with van der Waals surface area (Å²) >= 11 is 0. The van der Waals surface area contributed by atoms with Gasteiger partial charge in [-0.3, -0.25) is 14.2 Å². The third-order valence-electron chi connectivity index (χ3n) is 6.84. The number of amides is 1. The number of imidazole rings is 1. The van der Waals surface area contributed by atoms with Crippen LogP contribution in [0.25, 0.3) is 5.52 Å². The number of primary amides is 1. The lowest BCUT2D eigenvalue weighted by Gasteiger charge is -2.34. The van der Waals surface area contributed by atoms with Crippen LogP contribution >= 0.6 is 0 Å². The summed E-state index contributed by atoms with van der Waals surface area (Å²) in [7, 11) is 0. The fraction of sp³-hybridized carbons (Fsp3) is 0.593. The first-order chi connectivity index (χ1) is 16.0. The van der Waals surface area contributed by atoms with Crippen molar-refractivity contribution < 1.29 is 4.79 Å². The molecular weight excluding hydrogens is 438 g/mol. The van der Waals surface area contributed by atoms with E-state index in [4.69, 9.17) is 16.5 Å². The van der Waals surface area contributed by atoms with Gasteiger partial charge in [0.2, 0.25) is 0 Å². The van der Waals surface area contributed by atoms with Gasteiger partial charge >= 0.3 is 0 Å². The molecule has 3 aromatic heterocycles. The van der Waals surface area contributed by atoms with Crippen molar-refractivity contribution in [1.82, 2.24) is 24.3 Å². The molecular formula is C27H41N7O. The molecule has 3 heterocycles. The molecule has 190 valence electrons. The molecule has 3 rings (SSSR count). The summed E-state index contributed by atoms with van der Waals surface area (Å²) in [6, 6.07) is 0. The lowest BCUT2D eigenvalue weighted by molar-refractivity contribution is 0.0991. The molecule has 0 aromatic carbocycles. The number of hydrogen-bond acceptors (Lipinski definition) is 6. The number of anilines is 1. The number of aromatic nitrogens is 5. The van der Waals surface area contributed by atoms with E-state index in [-0.39, 0.29) is 22.4 Å². The van der Waals surface area contributed by atoms with Crippen LogP contribution in [0.3, 0.4) is 0 Å². The van der Waals surface area contributed by atoms with E-state index in [0.717, 1.165) is 35.4 Å². The van der Waals surface area contributed by atoms with Gasteiger partial charge in [0.25, 0.3) is 5.91 Å². The summed E-state index contributed by atoms with van der Waals surface area (Å²) in [5.74, 6) is -0.189. The Balaban J connectivity index is 2.02. The maximum absolute atomic E-state index is 12.3. The van der Waals surface area contributed by atoms with Crippen molar-refractivity contribution in [2.45, 2.75) is 104 Å². The van der Waals surface area contributed by atoms with Gasteiger partial charge in [-0.2, -0.15) is 0 Å². The number of nitrogens with two attached hydrogens (primary N) is 2. The van der Waals surface area contributed by atoms with E-state index in [2.05, 4.69) is 74.7 Å². The number of aryl methyl sites for hydroxylation is 1. The number of nitrogen functional groups attached to an aromatic ring is 1. The van der Waals surface area contributed by atoms with Gasteiger partial charge in [-0.25, -0.2) is 15.0 Å². The Morgan fingerprint density at radius 2 is 1.57 bits per heavy atom. The van der Waals surface area contributed by atoms with Crippen molar-refractivity contribution in [3.05, 3.63) is 46.7 Å². The standard InChI is InChI=1S/C27H41N7O/c1-15(2)18-23(28)33-21(19(32-18)24(29)35)26(7,8)11-12-27(9,10)22-16(3)31-20(25(4,5)6)17-13-30-14-34(17)22/h13-15H,11-12H2,1-10H3,(H2,28,33)(H2,29,35). The quantitative estimate of drug-likeness (QED) is 0.493. The van der Waals surface area contributed by atoms with Crippen LogP contribution in [-0.4, -0.2) is 30.2 Å². The first kappa shape index (κ1) is 26.6. The second-order valence-corrected chi connectivity index (χ2v) is 12.3. The molecule has 0 radical (unpaired) electrons. The number of carbonyl (C=O) groups excluding carboxylic acids is 1. The Morgan fingerprint density at radius 1 is 0.971 bits per heavy atom. The summed E-state index contributed by atoms with van der Waals surface area (Å²) in [6.07, 6.45) is 5.33. The molecule has 8 heteroatoms. The minimum absolute atomic E-state index is 0.0424. The zero-order chi connectivity index (χ0) is 26.5. The van der Waals surface area contributed by atoms with E-state index in [0.29, 0.717) is 17.2 Å². The molecule has 0 atom stereocenters. The van der Waals surface area contributed by atoms with E-state index in [1.54, 1.807) is 0 Å². The topological polar surface area (TPSA) is 125 Å². The number of hydrogen-bond donors (Lipinski definition) is 2. The van der Waals surface area contributed by atoms with Gasteiger partial charge in [0.05, 0.1) is 46.5 Å². The van der Waals surface area contributed by atoms with Crippen molar-refractivity contribution >= 4 is 17.2 Å². The summed E-state index contributed by atoms with van der Waals surface area (Å²) in [5, 5.41) is 0. The van der Waals surface area contributed by atoms with E-state index >= 15 is 0 Å². The van der Waals surface area contributed by atoms with E-state index < -0.39 is 11.3 Å². The Hall–Kier alpha value is -3.03. The smallest absolute Gasteiger partial charge is 0.269 e. The molecule has 3 aromatic rings. The van der Waals surface area contributed by atoms with Crippen molar-refractivity contribution in [3.8, 4) is 0 Å². The van der Waals surface area contributed by atoms with Gasteiger partial charge in [0.15, 0.2) is 0 Å². The first-order valence-corrected chi connectivity index (χ1v) is 12.3. The van der Waals surface area contributed by atoms with E-state index in [1.807, 2.05) is 26.4 Å². The number of rotatable bonds is 7. The Bertz CT molecular complexity index is 1260. The number of fused-ring (bicyclic) bond motifs is 1. The molecule has 1 amide bonds. The van der Waals surface area contributed by atoms with Crippen LogP contribution in [-0.2, 0) is 16.2 Å². The van der Waals surface area contributed by atoms with E-state index in [1.165, 1.54) is 0 Å². The molecule has 0 spiro atoms. The summed E-state index contributed by atoms with van der Waals surface area (Å²) < 4.78 is 2.18. The lowest BCUT2D eigenvalue weighted by atomic mass is 9.74. The van der Waals surface area contributed by atoms with Crippen LogP contribution in [0.1, 0.15) is 120 Å². The Labute approximate surface area is 209 Å². The molecule has 0 fully saturated rings. The molecule has 0 saturated heterocycles. The summed E-state index contributed by atoms with van der Waals surface area (Å²) in [5.41, 5.74) is 16.7. The maximum atomic E-state index is 12.3. The third-order valence-corrected chi connectivity index (χ3v) is 6.84. The number of nitrogens with zero attached hydrogens (tertiary/aromatic N) is 5. The third kappa shape index (κ3) is 5.02. The molecule has 0 aliphatic rings. The minimum atomic E-state index is -0.584. The van der Waals surface area contributed by atoms with Crippen molar-refractivity contribution in [3.63, 3.8) is 0 Å². The molecule has 0 aliphatic carbocycles. The normalized spacial score (nSPS) is 13.1. The number of carbonyl (C=O) groups is 1. The molecule has 8 nitrogen and oxygen atoms in total. The fourth-order valence-electron chi connectivity index (χ4n) is 4.86. The van der Waals surface area contributed by atoms with Gasteiger partial charge in [-0.05, 0) is 25.7 Å². The summed E-state index contributed by atoms with van der Waals surface area (Å²) in [4.78, 5) is 31.0. The van der Waals surface area contributed by atoms with Crippen LogP contribution in [0, 0.1) is 6.92 Å². The zero-order valence-corrected chi connectivity index (χ0v) is 22.9. The second-order valence-electron chi connectivity index (χ2n) is 12.3. The predicted octanol–water partition coefficient (Wildman–Crippen LogP) is 4.97. The van der Waals surface area contributed by atoms with Crippen molar-refractivity contribution in [1.29, 1.82) is 0 Å². The highest BCUT2D eigenvalue weighted by Gasteiger charge is 2.35. The average molecular weight is 480 g/mol. The van der Waals surface area contributed by atoms with Crippen molar-refractivity contribution in [2.24, 2.45) is 5.73 Å². The van der Waals surface area contributed by atoms with Gasteiger partial charge in [0, 0.05) is 16.2 Å². The van der Waals surface area contributed by atoms with Crippen LogP contribution in [0.2, 0.25) is 0 Å². The molecule has 0 aliphatic heterocycles. The van der Waals surface area contributed by atoms with Gasteiger partial charge < -0.3 is 11.5 Å². The highest BCUT2D eigenvalue weighted by Crippen LogP contribution is 2.39. The highest BCUT2D eigenvalue weighted by atomic mass is 16.1. The first-order valence-electron chi connectivity index (χ1n) is 12.3. The Morgan fingerprint density at radius 3 is 2.11 bits per heavy atom. The maximum Gasteiger partial charge on any atom is 0.269 e. The molecule has 4 N–H and O–H groups in total. The molecule has 35 heavy (non-hydrogen) atoms. The second kappa shape index (κ2) is 8.88. The van der Waals surface area contributed by atoms with Crippen LogP contribution in [0.4, 0.5) is 5.82 Å².